The Morgan fingerprint density at radius 2 is 2.16 bits per heavy atom. The van der Waals surface area contributed by atoms with E-state index in [-0.39, 0.29) is 0 Å². The summed E-state index contributed by atoms with van der Waals surface area (Å²) in [6, 6.07) is 4.64. The van der Waals surface area contributed by atoms with Gasteiger partial charge in [-0.3, -0.25) is 0 Å². The van der Waals surface area contributed by atoms with E-state index in [1.807, 2.05) is 6.07 Å². The van der Waals surface area contributed by atoms with Gasteiger partial charge in [0.05, 0.1) is 4.47 Å². The Hall–Kier alpha value is -0.540. The van der Waals surface area contributed by atoms with E-state index in [1.165, 1.54) is 43.2 Å². The average molecular weight is 322 g/mol. The molecule has 1 aliphatic heterocycles. The van der Waals surface area contributed by atoms with E-state index in [0.717, 1.165) is 23.4 Å². The third-order valence-corrected chi connectivity index (χ3v) is 6.51. The normalized spacial score (nSPS) is 36.5. The molecule has 2 fully saturated rings. The van der Waals surface area contributed by atoms with Crippen LogP contribution in [-0.2, 0) is 11.8 Å². The Labute approximate surface area is 122 Å². The van der Waals surface area contributed by atoms with E-state index in [4.69, 9.17) is 0 Å². The summed E-state index contributed by atoms with van der Waals surface area (Å²) in [5, 5.41) is 13.8. The Morgan fingerprint density at radius 3 is 3.05 bits per heavy atom. The third kappa shape index (κ3) is 1.58. The summed E-state index contributed by atoms with van der Waals surface area (Å²) in [5.41, 5.74) is 3.20. The highest BCUT2D eigenvalue weighted by molar-refractivity contribution is 9.10. The minimum atomic E-state index is 0.319. The molecule has 0 unspecified atom stereocenters. The van der Waals surface area contributed by atoms with Crippen molar-refractivity contribution in [3.8, 4) is 5.75 Å². The standard InChI is InChI=1S/C16H20BrNO/c17-15-13(19)5-4-10-9-12-11-3-1-2-6-16(11,14(10)15)7-8-18-12/h4-5,11-12,18-19H,1-3,6-9H2/t11-,12+,16+/m1/s1. The molecule has 1 aromatic carbocycles. The molecule has 0 radical (unpaired) electrons. The second kappa shape index (κ2) is 4.23. The van der Waals surface area contributed by atoms with Crippen LogP contribution in [0.15, 0.2) is 16.6 Å². The van der Waals surface area contributed by atoms with Gasteiger partial charge in [0, 0.05) is 11.5 Å². The maximum Gasteiger partial charge on any atom is 0.130 e. The molecule has 19 heavy (non-hydrogen) atoms. The molecule has 1 saturated heterocycles. The second-order valence-corrected chi connectivity index (χ2v) is 7.25. The zero-order valence-corrected chi connectivity index (χ0v) is 12.7. The number of halogens is 1. The number of fused-ring (bicyclic) bond motifs is 1. The van der Waals surface area contributed by atoms with Crippen LogP contribution in [0, 0.1) is 5.92 Å². The summed E-state index contributed by atoms with van der Waals surface area (Å²) in [5.74, 6) is 1.18. The first-order valence-corrected chi connectivity index (χ1v) is 8.26. The van der Waals surface area contributed by atoms with Gasteiger partial charge >= 0.3 is 0 Å². The number of phenolic OH excluding ortho intramolecular Hbond substituents is 1. The number of hydrogen-bond acceptors (Lipinski definition) is 2. The first-order valence-electron chi connectivity index (χ1n) is 7.46. The Bertz CT molecular complexity index is 526. The molecule has 2 N–H and O–H groups in total. The topological polar surface area (TPSA) is 32.3 Å². The lowest BCUT2D eigenvalue weighted by molar-refractivity contribution is 0.0788. The first kappa shape index (κ1) is 12.2. The lowest BCUT2D eigenvalue weighted by Crippen LogP contribution is -2.59. The van der Waals surface area contributed by atoms with Gasteiger partial charge in [0.15, 0.2) is 0 Å². The molecular formula is C16H20BrNO. The molecule has 4 rings (SSSR count). The summed E-state index contributed by atoms with van der Waals surface area (Å²) in [6.45, 7) is 1.13. The van der Waals surface area contributed by atoms with Crippen molar-refractivity contribution in [2.24, 2.45) is 5.92 Å². The predicted octanol–water partition coefficient (Wildman–Crippen LogP) is 3.50. The highest BCUT2D eigenvalue weighted by atomic mass is 79.9. The maximum atomic E-state index is 10.1. The van der Waals surface area contributed by atoms with E-state index in [0.29, 0.717) is 17.2 Å². The minimum Gasteiger partial charge on any atom is -0.507 e. The smallest absolute Gasteiger partial charge is 0.130 e. The van der Waals surface area contributed by atoms with Gasteiger partial charge in [0.1, 0.15) is 5.75 Å². The fraction of sp³-hybridized carbons (Fsp3) is 0.625. The van der Waals surface area contributed by atoms with Gasteiger partial charge < -0.3 is 10.4 Å². The van der Waals surface area contributed by atoms with E-state index < -0.39 is 0 Å². The molecule has 3 aliphatic rings. The van der Waals surface area contributed by atoms with Crippen molar-refractivity contribution in [3.63, 3.8) is 0 Å². The Balaban J connectivity index is 1.96. The quantitative estimate of drug-likeness (QED) is 0.766. The fourth-order valence-electron chi connectivity index (χ4n) is 4.99. The number of nitrogens with one attached hydrogen (secondary N) is 1. The Morgan fingerprint density at radius 1 is 1.26 bits per heavy atom. The first-order chi connectivity index (χ1) is 9.22. The average Bonchev–Trinajstić information content (AvgIpc) is 2.42. The molecule has 3 heteroatoms. The van der Waals surface area contributed by atoms with Gasteiger partial charge in [0.25, 0.3) is 0 Å². The molecule has 102 valence electrons. The Kier molecular flexibility index (Phi) is 2.72. The third-order valence-electron chi connectivity index (χ3n) is 5.71. The monoisotopic (exact) mass is 321 g/mol. The van der Waals surface area contributed by atoms with Crippen molar-refractivity contribution >= 4 is 15.9 Å². The van der Waals surface area contributed by atoms with Gasteiger partial charge in [0.2, 0.25) is 0 Å². The lowest BCUT2D eigenvalue weighted by Gasteiger charge is -2.56. The van der Waals surface area contributed by atoms with Crippen LogP contribution in [0.2, 0.25) is 0 Å². The summed E-state index contributed by atoms with van der Waals surface area (Å²) in [6.07, 6.45) is 7.70. The number of hydrogen-bond donors (Lipinski definition) is 2. The SMILES string of the molecule is Oc1ccc2c(c1Br)[C@]13CCCC[C@@H]1[C@H](C2)NCC3. The van der Waals surface area contributed by atoms with Crippen molar-refractivity contribution in [2.75, 3.05) is 6.54 Å². The van der Waals surface area contributed by atoms with Crippen LogP contribution < -0.4 is 5.32 Å². The summed E-state index contributed by atoms with van der Waals surface area (Å²) in [7, 11) is 0. The molecule has 1 aromatic rings. The lowest BCUT2D eigenvalue weighted by atomic mass is 9.53. The van der Waals surface area contributed by atoms with Crippen LogP contribution in [0.25, 0.3) is 0 Å². The van der Waals surface area contributed by atoms with Gasteiger partial charge in [-0.1, -0.05) is 18.9 Å². The molecule has 2 aliphatic carbocycles. The number of benzene rings is 1. The van der Waals surface area contributed by atoms with E-state index in [2.05, 4.69) is 27.3 Å². The van der Waals surface area contributed by atoms with Crippen LogP contribution in [0.4, 0.5) is 0 Å². The molecule has 3 atom stereocenters. The van der Waals surface area contributed by atoms with Crippen LogP contribution >= 0.6 is 15.9 Å². The van der Waals surface area contributed by atoms with E-state index in [9.17, 15) is 5.11 Å². The van der Waals surface area contributed by atoms with Gasteiger partial charge in [-0.25, -0.2) is 0 Å². The summed E-state index contributed by atoms with van der Waals surface area (Å²) < 4.78 is 0.970. The maximum absolute atomic E-state index is 10.1. The molecule has 2 bridgehead atoms. The number of rotatable bonds is 0. The zero-order valence-electron chi connectivity index (χ0n) is 11.1. The van der Waals surface area contributed by atoms with Crippen molar-refractivity contribution in [2.45, 2.75) is 50.0 Å². The zero-order chi connectivity index (χ0) is 13.0. The van der Waals surface area contributed by atoms with E-state index >= 15 is 0 Å². The van der Waals surface area contributed by atoms with Crippen molar-refractivity contribution in [3.05, 3.63) is 27.7 Å². The van der Waals surface area contributed by atoms with Crippen LogP contribution in [-0.4, -0.2) is 17.7 Å². The fourth-order valence-corrected chi connectivity index (χ4v) is 5.77. The molecular weight excluding hydrogens is 302 g/mol. The molecule has 0 spiro atoms. The van der Waals surface area contributed by atoms with Crippen molar-refractivity contribution in [1.82, 2.24) is 5.32 Å². The molecule has 2 nitrogen and oxygen atoms in total. The number of phenols is 1. The number of aromatic hydroxyl groups is 1. The second-order valence-electron chi connectivity index (χ2n) is 6.46. The summed E-state index contributed by atoms with van der Waals surface area (Å²) in [4.78, 5) is 0. The minimum absolute atomic E-state index is 0.319. The molecule has 1 saturated carbocycles. The van der Waals surface area contributed by atoms with Crippen LogP contribution in [0.5, 0.6) is 5.75 Å². The molecule has 1 heterocycles. The van der Waals surface area contributed by atoms with Gasteiger partial charge in [-0.15, -0.1) is 0 Å². The molecule has 0 amide bonds. The van der Waals surface area contributed by atoms with Crippen molar-refractivity contribution in [1.29, 1.82) is 0 Å². The van der Waals surface area contributed by atoms with Gasteiger partial charge in [-0.2, -0.15) is 0 Å². The largest absolute Gasteiger partial charge is 0.507 e. The number of piperidine rings is 1. The van der Waals surface area contributed by atoms with Crippen molar-refractivity contribution < 1.29 is 5.11 Å². The van der Waals surface area contributed by atoms with E-state index in [1.54, 1.807) is 0 Å². The molecule has 0 aromatic heterocycles. The highest BCUT2D eigenvalue weighted by Crippen LogP contribution is 2.56. The van der Waals surface area contributed by atoms with Crippen LogP contribution in [0.1, 0.15) is 43.2 Å². The van der Waals surface area contributed by atoms with Gasteiger partial charge in [-0.05, 0) is 71.3 Å². The predicted molar refractivity (Wildman–Crippen MR) is 79.6 cm³/mol. The summed E-state index contributed by atoms with van der Waals surface area (Å²) >= 11 is 3.68. The highest BCUT2D eigenvalue weighted by Gasteiger charge is 2.52. The van der Waals surface area contributed by atoms with Crippen LogP contribution in [0.3, 0.4) is 0 Å².